The average Bonchev–Trinajstić information content (AvgIpc) is 2.70. The molecule has 1 amide bonds. The number of hydrogen-bond donors (Lipinski definition) is 2. The number of nitrogens with zero attached hydrogens (tertiary/aromatic N) is 1. The van der Waals surface area contributed by atoms with Crippen molar-refractivity contribution in [1.29, 1.82) is 0 Å². The van der Waals surface area contributed by atoms with Crippen molar-refractivity contribution in [2.24, 2.45) is 17.1 Å². The largest absolute Gasteiger partial charge is 0.480 e. The molecule has 0 aromatic rings. The van der Waals surface area contributed by atoms with Gasteiger partial charge < -0.3 is 15.7 Å². The maximum atomic E-state index is 12.4. The van der Waals surface area contributed by atoms with E-state index in [1.807, 2.05) is 20.8 Å². The molecule has 1 unspecified atom stereocenters. The predicted octanol–water partition coefficient (Wildman–Crippen LogP) is 1.46. The first-order chi connectivity index (χ1) is 8.68. The van der Waals surface area contributed by atoms with Gasteiger partial charge in [0.15, 0.2) is 0 Å². The lowest BCUT2D eigenvalue weighted by atomic mass is 9.86. The predicted molar refractivity (Wildman–Crippen MR) is 73.6 cm³/mol. The van der Waals surface area contributed by atoms with E-state index < -0.39 is 18.1 Å². The van der Waals surface area contributed by atoms with Crippen LogP contribution in [-0.4, -0.2) is 40.5 Å². The summed E-state index contributed by atoms with van der Waals surface area (Å²) in [6.45, 7) is 8.27. The number of aliphatic carboxylic acids is 1. The highest BCUT2D eigenvalue weighted by atomic mass is 16.4. The Hall–Kier alpha value is -1.10. The Kier molecular flexibility index (Phi) is 4.96. The normalized spacial score (nSPS) is 25.4. The molecule has 0 radical (unpaired) electrons. The fourth-order valence-corrected chi connectivity index (χ4v) is 2.57. The quantitative estimate of drug-likeness (QED) is 0.810. The molecule has 5 heteroatoms. The van der Waals surface area contributed by atoms with Crippen molar-refractivity contribution in [2.45, 2.75) is 59.0 Å². The van der Waals surface area contributed by atoms with Gasteiger partial charge in [-0.1, -0.05) is 34.1 Å². The third-order valence-electron chi connectivity index (χ3n) is 3.85. The number of rotatable bonds is 4. The second-order valence-electron chi connectivity index (χ2n) is 6.58. The van der Waals surface area contributed by atoms with E-state index in [4.69, 9.17) is 5.73 Å². The van der Waals surface area contributed by atoms with Gasteiger partial charge in [-0.3, -0.25) is 4.79 Å². The van der Waals surface area contributed by atoms with Gasteiger partial charge in [-0.15, -0.1) is 0 Å². The van der Waals surface area contributed by atoms with Crippen LogP contribution in [-0.2, 0) is 9.59 Å². The van der Waals surface area contributed by atoms with E-state index in [1.54, 1.807) is 0 Å². The second-order valence-corrected chi connectivity index (χ2v) is 6.58. The Morgan fingerprint density at radius 2 is 2.00 bits per heavy atom. The lowest BCUT2D eigenvalue weighted by Crippen LogP contribution is -2.53. The van der Waals surface area contributed by atoms with Gasteiger partial charge in [0.2, 0.25) is 5.91 Å². The number of carbonyl (C=O) groups excluding carboxylic acids is 1. The first kappa shape index (κ1) is 16.0. The highest BCUT2D eigenvalue weighted by Gasteiger charge is 2.42. The zero-order valence-corrected chi connectivity index (χ0v) is 12.3. The van der Waals surface area contributed by atoms with Crippen LogP contribution in [0.4, 0.5) is 0 Å². The van der Waals surface area contributed by atoms with E-state index >= 15 is 0 Å². The van der Waals surface area contributed by atoms with E-state index in [9.17, 15) is 14.7 Å². The Bertz CT molecular complexity index is 349. The van der Waals surface area contributed by atoms with Crippen molar-refractivity contribution in [3.8, 4) is 0 Å². The highest BCUT2D eigenvalue weighted by Crippen LogP contribution is 2.29. The Morgan fingerprint density at radius 3 is 2.42 bits per heavy atom. The third-order valence-corrected chi connectivity index (χ3v) is 3.85. The van der Waals surface area contributed by atoms with Crippen molar-refractivity contribution in [1.82, 2.24) is 4.90 Å². The fraction of sp³-hybridized carbons (Fsp3) is 0.857. The highest BCUT2D eigenvalue weighted by molar-refractivity contribution is 5.88. The van der Waals surface area contributed by atoms with Crippen LogP contribution in [0.5, 0.6) is 0 Å². The molecule has 0 aromatic heterocycles. The molecular weight excluding hydrogens is 244 g/mol. The maximum absolute atomic E-state index is 12.4. The first-order valence-electron chi connectivity index (χ1n) is 6.97. The van der Waals surface area contributed by atoms with Gasteiger partial charge in [-0.05, 0) is 24.2 Å². The summed E-state index contributed by atoms with van der Waals surface area (Å²) in [6, 6.07) is -1.37. The summed E-state index contributed by atoms with van der Waals surface area (Å²) in [5, 5.41) is 9.27. The zero-order chi connectivity index (χ0) is 14.8. The van der Waals surface area contributed by atoms with Gasteiger partial charge in [0.05, 0.1) is 6.04 Å². The van der Waals surface area contributed by atoms with Gasteiger partial charge in [-0.2, -0.15) is 0 Å². The lowest BCUT2D eigenvalue weighted by Gasteiger charge is -2.31. The summed E-state index contributed by atoms with van der Waals surface area (Å²) in [5.74, 6) is -0.881. The molecule has 3 N–H and O–H groups in total. The molecule has 110 valence electrons. The molecule has 0 saturated carbocycles. The summed E-state index contributed by atoms with van der Waals surface area (Å²) in [4.78, 5) is 25.2. The fourth-order valence-electron chi connectivity index (χ4n) is 2.57. The summed E-state index contributed by atoms with van der Waals surface area (Å²) in [7, 11) is 0. The van der Waals surface area contributed by atoms with E-state index in [2.05, 4.69) is 6.92 Å². The molecule has 1 fully saturated rings. The molecule has 0 bridgehead atoms. The molecule has 1 aliphatic rings. The van der Waals surface area contributed by atoms with Crippen molar-refractivity contribution >= 4 is 11.9 Å². The Labute approximate surface area is 115 Å². The van der Waals surface area contributed by atoms with Crippen LogP contribution < -0.4 is 5.73 Å². The molecule has 1 aliphatic heterocycles. The SMILES string of the molecule is CCC[C@H]1C[C@@H](C(=O)O)N(C(=O)C(N)C(C)(C)C)C1. The van der Waals surface area contributed by atoms with Crippen LogP contribution in [0.3, 0.4) is 0 Å². The summed E-state index contributed by atoms with van der Waals surface area (Å²) >= 11 is 0. The molecule has 0 aromatic carbocycles. The smallest absolute Gasteiger partial charge is 0.326 e. The third kappa shape index (κ3) is 3.69. The van der Waals surface area contributed by atoms with Gasteiger partial charge in [0.1, 0.15) is 6.04 Å². The van der Waals surface area contributed by atoms with Gasteiger partial charge in [-0.25, -0.2) is 4.79 Å². The monoisotopic (exact) mass is 270 g/mol. The van der Waals surface area contributed by atoms with Crippen molar-refractivity contribution < 1.29 is 14.7 Å². The summed E-state index contributed by atoms with van der Waals surface area (Å²) < 4.78 is 0. The topological polar surface area (TPSA) is 83.6 Å². The van der Waals surface area contributed by atoms with E-state index in [-0.39, 0.29) is 17.2 Å². The number of carbonyl (C=O) groups is 2. The lowest BCUT2D eigenvalue weighted by molar-refractivity contribution is -0.149. The van der Waals surface area contributed by atoms with Crippen LogP contribution in [0, 0.1) is 11.3 Å². The van der Waals surface area contributed by atoms with E-state index in [0.29, 0.717) is 13.0 Å². The molecule has 5 nitrogen and oxygen atoms in total. The van der Waals surface area contributed by atoms with E-state index in [1.165, 1.54) is 4.90 Å². The Morgan fingerprint density at radius 1 is 1.42 bits per heavy atom. The van der Waals surface area contributed by atoms with Crippen LogP contribution >= 0.6 is 0 Å². The minimum Gasteiger partial charge on any atom is -0.480 e. The van der Waals surface area contributed by atoms with Crippen LogP contribution in [0.15, 0.2) is 0 Å². The average molecular weight is 270 g/mol. The minimum absolute atomic E-state index is 0.237. The maximum Gasteiger partial charge on any atom is 0.326 e. The molecular formula is C14H26N2O3. The number of hydrogen-bond acceptors (Lipinski definition) is 3. The van der Waals surface area contributed by atoms with Crippen LogP contribution in [0.1, 0.15) is 47.0 Å². The first-order valence-corrected chi connectivity index (χ1v) is 6.97. The molecule has 0 spiro atoms. The molecule has 19 heavy (non-hydrogen) atoms. The van der Waals surface area contributed by atoms with Crippen LogP contribution in [0.25, 0.3) is 0 Å². The number of amides is 1. The minimum atomic E-state index is -0.923. The van der Waals surface area contributed by atoms with E-state index in [0.717, 1.165) is 12.8 Å². The Balaban J connectivity index is 2.84. The zero-order valence-electron chi connectivity index (χ0n) is 12.3. The number of carboxylic acid groups (broad SMARTS) is 1. The summed E-state index contributed by atoms with van der Waals surface area (Å²) in [5.41, 5.74) is 5.61. The number of likely N-dealkylation sites (tertiary alicyclic amines) is 1. The standard InChI is InChI=1S/C14H26N2O3/c1-5-6-9-7-10(13(18)19)16(8-9)12(17)11(15)14(2,3)4/h9-11H,5-8,15H2,1-4H3,(H,18,19)/t9-,10-,11?/m0/s1. The van der Waals surface area contributed by atoms with Crippen molar-refractivity contribution in [3.63, 3.8) is 0 Å². The number of nitrogens with two attached hydrogens (primary N) is 1. The molecule has 1 heterocycles. The van der Waals surface area contributed by atoms with Crippen LogP contribution in [0.2, 0.25) is 0 Å². The summed E-state index contributed by atoms with van der Waals surface area (Å²) in [6.07, 6.45) is 2.51. The van der Waals surface area contributed by atoms with Gasteiger partial charge in [0, 0.05) is 6.54 Å². The molecule has 3 atom stereocenters. The second kappa shape index (κ2) is 5.90. The van der Waals surface area contributed by atoms with Gasteiger partial charge >= 0.3 is 5.97 Å². The molecule has 0 aliphatic carbocycles. The van der Waals surface area contributed by atoms with Gasteiger partial charge in [0.25, 0.3) is 0 Å². The molecule has 1 rings (SSSR count). The number of carboxylic acids is 1. The molecule has 1 saturated heterocycles. The van der Waals surface area contributed by atoms with Crippen molar-refractivity contribution in [3.05, 3.63) is 0 Å². The van der Waals surface area contributed by atoms with Crippen molar-refractivity contribution in [2.75, 3.05) is 6.54 Å².